The molecule has 0 bridgehead atoms. The highest BCUT2D eigenvalue weighted by atomic mass is 19.4. The number of nitrogen functional groups attached to an aromatic ring is 1. The van der Waals surface area contributed by atoms with Crippen LogP contribution in [-0.4, -0.2) is 16.5 Å². The van der Waals surface area contributed by atoms with E-state index in [2.05, 4.69) is 15.3 Å². The molecule has 0 amide bonds. The van der Waals surface area contributed by atoms with Gasteiger partial charge in [0.05, 0.1) is 0 Å². The maximum atomic E-state index is 12.7. The van der Waals surface area contributed by atoms with E-state index < -0.39 is 11.7 Å². The number of hydrogen-bond acceptors (Lipinski definition) is 4. The van der Waals surface area contributed by atoms with Crippen LogP contribution in [0, 0.1) is 5.92 Å². The molecule has 18 heavy (non-hydrogen) atoms. The molecular formula is C11H17F3N4. The Hall–Kier alpha value is -1.53. The Morgan fingerprint density at radius 2 is 1.94 bits per heavy atom. The normalized spacial score (nSPS) is 11.9. The van der Waals surface area contributed by atoms with Crippen LogP contribution in [0.25, 0.3) is 0 Å². The number of nitrogens with one attached hydrogen (secondary N) is 1. The monoisotopic (exact) mass is 262 g/mol. The molecule has 0 atom stereocenters. The van der Waals surface area contributed by atoms with Gasteiger partial charge in [0.25, 0.3) is 0 Å². The van der Waals surface area contributed by atoms with E-state index in [4.69, 9.17) is 5.73 Å². The summed E-state index contributed by atoms with van der Waals surface area (Å²) < 4.78 is 38.1. The van der Waals surface area contributed by atoms with Crippen molar-refractivity contribution >= 4 is 11.8 Å². The average molecular weight is 262 g/mol. The maximum absolute atomic E-state index is 12.7. The molecule has 0 unspecified atom stereocenters. The average Bonchev–Trinajstić information content (AvgIpc) is 2.28. The molecule has 0 saturated carbocycles. The van der Waals surface area contributed by atoms with Gasteiger partial charge in [-0.2, -0.15) is 18.2 Å². The highest BCUT2D eigenvalue weighted by Gasteiger charge is 2.35. The van der Waals surface area contributed by atoms with Gasteiger partial charge in [-0.3, -0.25) is 0 Å². The van der Waals surface area contributed by atoms with Crippen molar-refractivity contribution in [3.05, 3.63) is 11.8 Å². The quantitative estimate of drug-likeness (QED) is 0.856. The van der Waals surface area contributed by atoms with E-state index in [1.54, 1.807) is 0 Å². The van der Waals surface area contributed by atoms with Crippen molar-refractivity contribution in [3.63, 3.8) is 0 Å². The van der Waals surface area contributed by atoms with Gasteiger partial charge in [-0.25, -0.2) is 4.98 Å². The molecule has 0 aromatic carbocycles. The van der Waals surface area contributed by atoms with Crippen LogP contribution in [0.4, 0.5) is 24.9 Å². The predicted molar refractivity (Wildman–Crippen MR) is 64.0 cm³/mol. The molecule has 1 heterocycles. The molecule has 1 rings (SSSR count). The first kappa shape index (κ1) is 14.5. The van der Waals surface area contributed by atoms with Crippen LogP contribution in [0.1, 0.15) is 32.3 Å². The molecular weight excluding hydrogens is 245 g/mol. The van der Waals surface area contributed by atoms with E-state index in [0.717, 1.165) is 12.8 Å². The molecule has 0 fully saturated rings. The molecule has 0 aliphatic heterocycles. The van der Waals surface area contributed by atoms with Gasteiger partial charge in [0.2, 0.25) is 5.95 Å². The van der Waals surface area contributed by atoms with Crippen molar-refractivity contribution < 1.29 is 13.2 Å². The third kappa shape index (κ3) is 3.75. The van der Waals surface area contributed by atoms with Gasteiger partial charge in [0, 0.05) is 12.7 Å². The van der Waals surface area contributed by atoms with E-state index in [9.17, 15) is 13.2 Å². The summed E-state index contributed by atoms with van der Waals surface area (Å²) in [4.78, 5) is 7.00. The maximum Gasteiger partial charge on any atom is 0.421 e. The van der Waals surface area contributed by atoms with Crippen LogP contribution < -0.4 is 11.1 Å². The Morgan fingerprint density at radius 3 is 2.44 bits per heavy atom. The van der Waals surface area contributed by atoms with E-state index in [1.165, 1.54) is 0 Å². The van der Waals surface area contributed by atoms with Crippen molar-refractivity contribution in [1.29, 1.82) is 0 Å². The van der Waals surface area contributed by atoms with E-state index in [0.29, 0.717) is 18.7 Å². The Kier molecular flexibility index (Phi) is 4.75. The standard InChI is InChI=1S/C11H17F3N4/c1-3-7(4-2)5-16-9-8(11(12,13)14)6-17-10(15)18-9/h6-7H,3-5H2,1-2H3,(H3,15,16,17,18). The summed E-state index contributed by atoms with van der Waals surface area (Å²) in [6.45, 7) is 4.43. The van der Waals surface area contributed by atoms with Gasteiger partial charge in [-0.15, -0.1) is 0 Å². The summed E-state index contributed by atoms with van der Waals surface area (Å²) in [6.07, 6.45) is -1.99. The summed E-state index contributed by atoms with van der Waals surface area (Å²) in [7, 11) is 0. The minimum absolute atomic E-state index is 0.171. The zero-order chi connectivity index (χ0) is 13.8. The number of halogens is 3. The van der Waals surface area contributed by atoms with Crippen molar-refractivity contribution in [2.75, 3.05) is 17.6 Å². The third-order valence-corrected chi connectivity index (χ3v) is 2.83. The molecule has 0 radical (unpaired) electrons. The van der Waals surface area contributed by atoms with Crippen molar-refractivity contribution in [2.45, 2.75) is 32.9 Å². The zero-order valence-electron chi connectivity index (χ0n) is 10.4. The largest absolute Gasteiger partial charge is 0.421 e. The number of alkyl halides is 3. The Bertz CT molecular complexity index is 388. The predicted octanol–water partition coefficient (Wildman–Crippen LogP) is 2.93. The SMILES string of the molecule is CCC(CC)CNc1nc(N)ncc1C(F)(F)F. The lowest BCUT2D eigenvalue weighted by atomic mass is 10.0. The molecule has 102 valence electrons. The summed E-state index contributed by atoms with van der Waals surface area (Å²) >= 11 is 0. The molecule has 1 aromatic heterocycles. The molecule has 4 nitrogen and oxygen atoms in total. The van der Waals surface area contributed by atoms with Crippen LogP contribution in [0.15, 0.2) is 6.20 Å². The van der Waals surface area contributed by atoms with E-state index >= 15 is 0 Å². The van der Waals surface area contributed by atoms with Gasteiger partial charge in [-0.1, -0.05) is 26.7 Å². The number of nitrogens with two attached hydrogens (primary N) is 1. The van der Waals surface area contributed by atoms with Crippen molar-refractivity contribution in [2.24, 2.45) is 5.92 Å². The molecule has 0 spiro atoms. The van der Waals surface area contributed by atoms with Gasteiger partial charge < -0.3 is 11.1 Å². The number of rotatable bonds is 5. The van der Waals surface area contributed by atoms with Crippen LogP contribution in [0.2, 0.25) is 0 Å². The minimum atomic E-state index is -4.48. The second-order valence-corrected chi connectivity index (χ2v) is 4.05. The topological polar surface area (TPSA) is 63.8 Å². The fourth-order valence-electron chi connectivity index (χ4n) is 1.56. The minimum Gasteiger partial charge on any atom is -0.369 e. The Balaban J connectivity index is 2.89. The van der Waals surface area contributed by atoms with Crippen LogP contribution in [0.5, 0.6) is 0 Å². The Labute approximate surface area is 104 Å². The van der Waals surface area contributed by atoms with Crippen LogP contribution in [-0.2, 0) is 6.18 Å². The fraction of sp³-hybridized carbons (Fsp3) is 0.636. The van der Waals surface area contributed by atoms with Crippen LogP contribution in [0.3, 0.4) is 0 Å². The van der Waals surface area contributed by atoms with Crippen molar-refractivity contribution in [3.8, 4) is 0 Å². The molecule has 1 aromatic rings. The first-order chi connectivity index (χ1) is 8.38. The summed E-state index contributed by atoms with van der Waals surface area (Å²) in [5.41, 5.74) is 4.43. The number of aromatic nitrogens is 2. The molecule has 0 aliphatic rings. The summed E-state index contributed by atoms with van der Waals surface area (Å²) in [6, 6.07) is 0. The van der Waals surface area contributed by atoms with E-state index in [-0.39, 0.29) is 11.8 Å². The summed E-state index contributed by atoms with van der Waals surface area (Å²) in [5, 5.41) is 2.71. The van der Waals surface area contributed by atoms with Crippen molar-refractivity contribution in [1.82, 2.24) is 9.97 Å². The zero-order valence-corrected chi connectivity index (χ0v) is 10.4. The van der Waals surface area contributed by atoms with Gasteiger partial charge >= 0.3 is 6.18 Å². The first-order valence-corrected chi connectivity index (χ1v) is 5.82. The lowest BCUT2D eigenvalue weighted by Crippen LogP contribution is -2.18. The van der Waals surface area contributed by atoms with Gasteiger partial charge in [0.1, 0.15) is 11.4 Å². The number of nitrogens with zero attached hydrogens (tertiary/aromatic N) is 2. The number of hydrogen-bond donors (Lipinski definition) is 2. The first-order valence-electron chi connectivity index (χ1n) is 5.82. The Morgan fingerprint density at radius 1 is 1.33 bits per heavy atom. The smallest absolute Gasteiger partial charge is 0.369 e. The molecule has 0 saturated heterocycles. The molecule has 7 heteroatoms. The fourth-order valence-corrected chi connectivity index (χ4v) is 1.56. The third-order valence-electron chi connectivity index (χ3n) is 2.83. The second-order valence-electron chi connectivity index (χ2n) is 4.05. The van der Waals surface area contributed by atoms with Gasteiger partial charge in [0.15, 0.2) is 0 Å². The molecule has 0 aliphatic carbocycles. The van der Waals surface area contributed by atoms with Gasteiger partial charge in [-0.05, 0) is 5.92 Å². The second kappa shape index (κ2) is 5.88. The molecule has 3 N–H and O–H groups in total. The van der Waals surface area contributed by atoms with E-state index in [1.807, 2.05) is 13.8 Å². The lowest BCUT2D eigenvalue weighted by Gasteiger charge is -2.17. The summed E-state index contributed by atoms with van der Waals surface area (Å²) in [5.74, 6) is -0.112. The highest BCUT2D eigenvalue weighted by molar-refractivity contribution is 5.47. The number of anilines is 2. The van der Waals surface area contributed by atoms with Crippen LogP contribution >= 0.6 is 0 Å². The highest BCUT2D eigenvalue weighted by Crippen LogP contribution is 2.33. The lowest BCUT2D eigenvalue weighted by molar-refractivity contribution is -0.137.